The number of nitrogens with one attached hydrogen (secondary N) is 2. The van der Waals surface area contributed by atoms with Crippen molar-refractivity contribution < 1.29 is 14.3 Å². The molecule has 0 unspecified atom stereocenters. The first-order valence-electron chi connectivity index (χ1n) is 7.70. The molecule has 0 saturated heterocycles. The van der Waals surface area contributed by atoms with Gasteiger partial charge in [-0.1, -0.05) is 18.2 Å². The lowest BCUT2D eigenvalue weighted by Gasteiger charge is -2.11. The van der Waals surface area contributed by atoms with E-state index >= 15 is 0 Å². The Balaban J connectivity index is 1.65. The van der Waals surface area contributed by atoms with E-state index in [1.807, 2.05) is 24.3 Å². The summed E-state index contributed by atoms with van der Waals surface area (Å²) >= 11 is 0. The first kappa shape index (κ1) is 15.3. The van der Waals surface area contributed by atoms with Crippen molar-refractivity contribution in [1.29, 1.82) is 0 Å². The molecule has 1 aromatic carbocycles. The van der Waals surface area contributed by atoms with E-state index in [-0.39, 0.29) is 17.8 Å². The average molecular weight is 312 g/mol. The van der Waals surface area contributed by atoms with Crippen LogP contribution in [0.4, 0.5) is 0 Å². The average Bonchev–Trinajstić information content (AvgIpc) is 3.05. The number of H-pyrrole nitrogens is 1. The summed E-state index contributed by atoms with van der Waals surface area (Å²) in [4.78, 5) is 27.0. The third kappa shape index (κ3) is 2.86. The van der Waals surface area contributed by atoms with Gasteiger partial charge in [0.05, 0.1) is 6.54 Å². The normalized spacial score (nSPS) is 15.9. The van der Waals surface area contributed by atoms with Gasteiger partial charge < -0.3 is 15.0 Å². The molecular weight excluding hydrogens is 292 g/mol. The zero-order valence-electron chi connectivity index (χ0n) is 13.5. The van der Waals surface area contributed by atoms with Crippen LogP contribution in [0, 0.1) is 13.8 Å². The van der Waals surface area contributed by atoms with Crippen molar-refractivity contribution in [3.05, 3.63) is 52.3 Å². The van der Waals surface area contributed by atoms with E-state index in [2.05, 4.69) is 10.3 Å². The van der Waals surface area contributed by atoms with Gasteiger partial charge in [0.25, 0.3) is 5.91 Å². The number of ether oxygens (including phenoxy) is 1. The molecule has 0 aliphatic carbocycles. The van der Waals surface area contributed by atoms with Gasteiger partial charge in [-0.25, -0.2) is 0 Å². The van der Waals surface area contributed by atoms with E-state index in [1.165, 1.54) is 6.92 Å². The molecule has 0 bridgehead atoms. The molecule has 2 N–H and O–H groups in total. The van der Waals surface area contributed by atoms with Crippen molar-refractivity contribution in [1.82, 2.24) is 10.3 Å². The topological polar surface area (TPSA) is 71.2 Å². The maximum absolute atomic E-state index is 12.4. The number of carbonyl (C=O) groups is 2. The summed E-state index contributed by atoms with van der Waals surface area (Å²) in [7, 11) is 0. The molecule has 23 heavy (non-hydrogen) atoms. The van der Waals surface area contributed by atoms with Gasteiger partial charge >= 0.3 is 0 Å². The SMILES string of the molecule is CC(=O)c1c(C)[nH]c(C(=O)NC[C@H]2Cc3ccccc3O2)c1C. The second-order valence-electron chi connectivity index (χ2n) is 5.94. The lowest BCUT2D eigenvalue weighted by Crippen LogP contribution is -2.34. The smallest absolute Gasteiger partial charge is 0.268 e. The molecule has 0 spiro atoms. The molecule has 1 aliphatic heterocycles. The molecule has 1 atom stereocenters. The molecule has 5 heteroatoms. The lowest BCUT2D eigenvalue weighted by atomic mass is 10.1. The lowest BCUT2D eigenvalue weighted by molar-refractivity contribution is 0.0928. The number of aromatic amines is 1. The molecule has 2 aromatic rings. The number of ketones is 1. The number of aryl methyl sites for hydroxylation is 1. The Morgan fingerprint density at radius 1 is 1.30 bits per heavy atom. The summed E-state index contributed by atoms with van der Waals surface area (Å²) in [5.74, 6) is 0.639. The van der Waals surface area contributed by atoms with Crippen LogP contribution in [-0.2, 0) is 6.42 Å². The summed E-state index contributed by atoms with van der Waals surface area (Å²) in [5.41, 5.74) is 3.63. The first-order chi connectivity index (χ1) is 11.0. The van der Waals surface area contributed by atoms with Crippen molar-refractivity contribution in [2.45, 2.75) is 33.3 Å². The fraction of sp³-hybridized carbons (Fsp3) is 0.333. The molecular formula is C18H20N2O3. The summed E-state index contributed by atoms with van der Waals surface area (Å²) in [5, 5.41) is 2.89. The highest BCUT2D eigenvalue weighted by Gasteiger charge is 2.24. The Kier molecular flexibility index (Phi) is 3.94. The van der Waals surface area contributed by atoms with Crippen LogP contribution in [0.15, 0.2) is 24.3 Å². The number of benzene rings is 1. The van der Waals surface area contributed by atoms with Crippen LogP contribution in [0.1, 0.15) is 44.6 Å². The molecule has 0 fully saturated rings. The van der Waals surface area contributed by atoms with Crippen LogP contribution in [0.5, 0.6) is 5.75 Å². The van der Waals surface area contributed by atoms with E-state index in [0.29, 0.717) is 23.4 Å². The highest BCUT2D eigenvalue weighted by Crippen LogP contribution is 2.27. The minimum absolute atomic E-state index is 0.0372. The number of para-hydroxylation sites is 1. The van der Waals surface area contributed by atoms with Crippen molar-refractivity contribution in [3.8, 4) is 5.75 Å². The maximum Gasteiger partial charge on any atom is 0.268 e. The Hall–Kier alpha value is -2.56. The molecule has 5 nitrogen and oxygen atoms in total. The molecule has 1 amide bonds. The van der Waals surface area contributed by atoms with E-state index in [4.69, 9.17) is 4.74 Å². The van der Waals surface area contributed by atoms with Gasteiger partial charge in [-0.05, 0) is 38.0 Å². The Bertz CT molecular complexity index is 752. The van der Waals surface area contributed by atoms with Crippen molar-refractivity contribution in [2.24, 2.45) is 0 Å². The molecule has 0 radical (unpaired) electrons. The van der Waals surface area contributed by atoms with E-state index in [1.54, 1.807) is 13.8 Å². The fourth-order valence-electron chi connectivity index (χ4n) is 3.17. The van der Waals surface area contributed by atoms with Gasteiger partial charge in [0.2, 0.25) is 0 Å². The van der Waals surface area contributed by atoms with Crippen molar-refractivity contribution in [3.63, 3.8) is 0 Å². The van der Waals surface area contributed by atoms with Gasteiger partial charge in [-0.3, -0.25) is 9.59 Å². The van der Waals surface area contributed by atoms with Gasteiger partial charge in [0.15, 0.2) is 5.78 Å². The van der Waals surface area contributed by atoms with Gasteiger partial charge in [-0.15, -0.1) is 0 Å². The first-order valence-corrected chi connectivity index (χ1v) is 7.70. The predicted molar refractivity (Wildman–Crippen MR) is 87.2 cm³/mol. The number of Topliss-reactive ketones (excluding diaryl/α,β-unsaturated/α-hetero) is 1. The number of aromatic nitrogens is 1. The van der Waals surface area contributed by atoms with Gasteiger partial charge in [0.1, 0.15) is 17.5 Å². The monoisotopic (exact) mass is 312 g/mol. The highest BCUT2D eigenvalue weighted by atomic mass is 16.5. The molecule has 1 aliphatic rings. The number of rotatable bonds is 4. The minimum Gasteiger partial charge on any atom is -0.488 e. The Labute approximate surface area is 135 Å². The second-order valence-corrected chi connectivity index (χ2v) is 5.94. The van der Waals surface area contributed by atoms with Crippen LogP contribution in [0.25, 0.3) is 0 Å². The number of carbonyl (C=O) groups excluding carboxylic acids is 2. The zero-order valence-corrected chi connectivity index (χ0v) is 13.5. The van der Waals surface area contributed by atoms with Crippen LogP contribution in [0.3, 0.4) is 0 Å². The summed E-state index contributed by atoms with van der Waals surface area (Å²) in [6, 6.07) is 7.90. The molecule has 1 aromatic heterocycles. The van der Waals surface area contributed by atoms with Gasteiger partial charge in [0, 0.05) is 17.7 Å². The van der Waals surface area contributed by atoms with Crippen molar-refractivity contribution >= 4 is 11.7 Å². The third-order valence-corrected chi connectivity index (χ3v) is 4.22. The van der Waals surface area contributed by atoms with Crippen LogP contribution in [0.2, 0.25) is 0 Å². The summed E-state index contributed by atoms with van der Waals surface area (Å²) < 4.78 is 5.81. The third-order valence-electron chi connectivity index (χ3n) is 4.22. The predicted octanol–water partition coefficient (Wildman–Crippen LogP) is 2.57. The fourth-order valence-corrected chi connectivity index (χ4v) is 3.17. The van der Waals surface area contributed by atoms with E-state index in [9.17, 15) is 9.59 Å². The summed E-state index contributed by atoms with van der Waals surface area (Å²) in [6.45, 7) is 5.53. The molecule has 0 saturated carbocycles. The molecule has 120 valence electrons. The maximum atomic E-state index is 12.4. The number of hydrogen-bond acceptors (Lipinski definition) is 3. The standard InChI is InChI=1S/C18H20N2O3/c1-10-16(12(3)21)11(2)20-17(10)18(22)19-9-14-8-13-6-4-5-7-15(13)23-14/h4-7,14,20H,8-9H2,1-3H3,(H,19,22)/t14-/m1/s1. The minimum atomic E-state index is -0.211. The van der Waals surface area contributed by atoms with E-state index < -0.39 is 0 Å². The van der Waals surface area contributed by atoms with E-state index in [0.717, 1.165) is 23.4 Å². The number of amides is 1. The number of hydrogen-bond donors (Lipinski definition) is 2. The highest BCUT2D eigenvalue weighted by molar-refractivity contribution is 6.02. The van der Waals surface area contributed by atoms with Crippen LogP contribution >= 0.6 is 0 Å². The van der Waals surface area contributed by atoms with Crippen LogP contribution in [-0.4, -0.2) is 29.3 Å². The number of fused-ring (bicyclic) bond motifs is 1. The molecule has 2 heterocycles. The largest absolute Gasteiger partial charge is 0.488 e. The van der Waals surface area contributed by atoms with Crippen molar-refractivity contribution in [2.75, 3.05) is 6.54 Å². The summed E-state index contributed by atoms with van der Waals surface area (Å²) in [6.07, 6.45) is 0.734. The Morgan fingerprint density at radius 2 is 2.04 bits per heavy atom. The Morgan fingerprint density at radius 3 is 2.70 bits per heavy atom. The van der Waals surface area contributed by atoms with Gasteiger partial charge in [-0.2, -0.15) is 0 Å². The molecule has 3 rings (SSSR count). The zero-order chi connectivity index (χ0) is 16.6. The second kappa shape index (κ2) is 5.91. The van der Waals surface area contributed by atoms with Crippen LogP contribution < -0.4 is 10.1 Å². The quantitative estimate of drug-likeness (QED) is 0.852.